The number of hydrogen-bond acceptors (Lipinski definition) is 6. The van der Waals surface area contributed by atoms with Crippen molar-refractivity contribution in [3.8, 4) is 11.9 Å². The molecule has 1 unspecified atom stereocenters. The van der Waals surface area contributed by atoms with Crippen LogP contribution in [0.5, 0.6) is 5.88 Å². The topological polar surface area (TPSA) is 83.7 Å². The van der Waals surface area contributed by atoms with Gasteiger partial charge in [0.1, 0.15) is 11.6 Å². The van der Waals surface area contributed by atoms with Crippen LogP contribution in [0.15, 0.2) is 34.8 Å². The maximum absolute atomic E-state index is 9.07. The van der Waals surface area contributed by atoms with Crippen molar-refractivity contribution >= 4 is 32.8 Å². The number of hydrogen-bond donors (Lipinski definition) is 1. The fourth-order valence-electron chi connectivity index (χ4n) is 2.54. The molecule has 0 spiro atoms. The van der Waals surface area contributed by atoms with Gasteiger partial charge in [0.05, 0.1) is 34.6 Å². The van der Waals surface area contributed by atoms with E-state index in [-0.39, 0.29) is 6.04 Å². The van der Waals surface area contributed by atoms with Crippen molar-refractivity contribution < 1.29 is 4.74 Å². The molecule has 1 aromatic carbocycles. The Balaban J connectivity index is 2.03. The van der Waals surface area contributed by atoms with Crippen molar-refractivity contribution in [2.45, 2.75) is 19.9 Å². The molecule has 2 aromatic heterocycles. The number of rotatable bonds is 4. The molecule has 0 aliphatic carbocycles. The molecule has 0 radical (unpaired) electrons. The highest BCUT2D eigenvalue weighted by Crippen LogP contribution is 2.31. The lowest BCUT2D eigenvalue weighted by molar-refractivity contribution is 0.396. The third kappa shape index (κ3) is 3.54. The van der Waals surface area contributed by atoms with Gasteiger partial charge in [0, 0.05) is 0 Å². The van der Waals surface area contributed by atoms with E-state index in [0.29, 0.717) is 28.7 Å². The zero-order valence-corrected chi connectivity index (χ0v) is 15.6. The molecule has 0 aliphatic heterocycles. The van der Waals surface area contributed by atoms with Gasteiger partial charge in [-0.25, -0.2) is 9.97 Å². The van der Waals surface area contributed by atoms with Crippen molar-refractivity contribution in [1.29, 1.82) is 5.26 Å². The van der Waals surface area contributed by atoms with E-state index in [1.54, 1.807) is 13.2 Å². The van der Waals surface area contributed by atoms with E-state index in [9.17, 15) is 0 Å². The number of methoxy groups -OCH3 is 1. The van der Waals surface area contributed by atoms with Crippen LogP contribution in [-0.2, 0) is 0 Å². The zero-order valence-electron chi connectivity index (χ0n) is 14.0. The summed E-state index contributed by atoms with van der Waals surface area (Å²) in [5.41, 5.74) is 2.20. The van der Waals surface area contributed by atoms with Gasteiger partial charge in [0.15, 0.2) is 5.65 Å². The van der Waals surface area contributed by atoms with Crippen molar-refractivity contribution in [3.05, 3.63) is 51.8 Å². The summed E-state index contributed by atoms with van der Waals surface area (Å²) in [5.74, 6) is 1.78. The molecule has 1 atom stereocenters. The molecule has 126 valence electrons. The first kappa shape index (κ1) is 17.1. The first-order valence-electron chi connectivity index (χ1n) is 7.67. The van der Waals surface area contributed by atoms with E-state index in [1.165, 1.54) is 0 Å². The number of fused-ring (bicyclic) bond motifs is 1. The summed E-state index contributed by atoms with van der Waals surface area (Å²) < 4.78 is 5.97. The van der Waals surface area contributed by atoms with Gasteiger partial charge in [0.25, 0.3) is 0 Å². The summed E-state index contributed by atoms with van der Waals surface area (Å²) in [6.45, 7) is 3.84. The lowest BCUT2D eigenvalue weighted by atomic mass is 10.1. The Bertz CT molecular complexity index is 983. The fraction of sp³-hybridized carbons (Fsp3) is 0.222. The molecule has 0 saturated heterocycles. The zero-order chi connectivity index (χ0) is 18.0. The fourth-order valence-corrected chi connectivity index (χ4v) is 3.02. The Hall–Kier alpha value is -2.72. The van der Waals surface area contributed by atoms with Crippen LogP contribution in [0.25, 0.3) is 11.0 Å². The van der Waals surface area contributed by atoms with Gasteiger partial charge in [0.2, 0.25) is 5.88 Å². The van der Waals surface area contributed by atoms with Crippen LogP contribution < -0.4 is 10.1 Å². The van der Waals surface area contributed by atoms with Crippen molar-refractivity contribution in [2.75, 3.05) is 12.4 Å². The van der Waals surface area contributed by atoms with Crippen LogP contribution in [0.1, 0.15) is 29.9 Å². The Morgan fingerprint density at radius 2 is 2.04 bits per heavy atom. The van der Waals surface area contributed by atoms with E-state index in [2.05, 4.69) is 42.3 Å². The normalized spacial score (nSPS) is 11.8. The standard InChI is InChI=1S/C18H16BrN5O/c1-10(13-6-4-5-12(7-13)9-20)21-16-14-8-15(19)18(25-3)24-17(14)23-11(2)22-16/h4-8,10H,1-3H3,(H,21,22,23,24). The molecule has 3 rings (SSSR count). The number of halogens is 1. The maximum Gasteiger partial charge on any atom is 0.229 e. The highest BCUT2D eigenvalue weighted by molar-refractivity contribution is 9.10. The molecular weight excluding hydrogens is 382 g/mol. The highest BCUT2D eigenvalue weighted by atomic mass is 79.9. The second kappa shape index (κ2) is 7.03. The molecule has 0 bridgehead atoms. The SMILES string of the molecule is COc1nc2nc(C)nc(NC(C)c3cccc(C#N)c3)c2cc1Br. The van der Waals surface area contributed by atoms with Gasteiger partial charge in [-0.1, -0.05) is 12.1 Å². The highest BCUT2D eigenvalue weighted by Gasteiger charge is 2.14. The van der Waals surface area contributed by atoms with Gasteiger partial charge < -0.3 is 10.1 Å². The smallest absolute Gasteiger partial charge is 0.229 e. The molecule has 3 aromatic rings. The van der Waals surface area contributed by atoms with Crippen LogP contribution in [0.3, 0.4) is 0 Å². The van der Waals surface area contributed by atoms with Crippen molar-refractivity contribution in [3.63, 3.8) is 0 Å². The average Bonchev–Trinajstić information content (AvgIpc) is 2.61. The van der Waals surface area contributed by atoms with Crippen LogP contribution >= 0.6 is 15.9 Å². The predicted molar refractivity (Wildman–Crippen MR) is 99.5 cm³/mol. The van der Waals surface area contributed by atoms with E-state index >= 15 is 0 Å². The van der Waals surface area contributed by atoms with Gasteiger partial charge in [-0.15, -0.1) is 0 Å². The third-order valence-electron chi connectivity index (χ3n) is 3.78. The van der Waals surface area contributed by atoms with Gasteiger partial charge in [-0.05, 0) is 53.5 Å². The number of nitrogens with zero attached hydrogens (tertiary/aromatic N) is 4. The number of nitriles is 1. The first-order valence-corrected chi connectivity index (χ1v) is 8.46. The largest absolute Gasteiger partial charge is 0.480 e. The summed E-state index contributed by atoms with van der Waals surface area (Å²) in [5, 5.41) is 13.3. The maximum atomic E-state index is 9.07. The van der Waals surface area contributed by atoms with Gasteiger partial charge in [-0.3, -0.25) is 0 Å². The number of aromatic nitrogens is 3. The summed E-state index contributed by atoms with van der Waals surface area (Å²) >= 11 is 3.45. The molecule has 2 heterocycles. The number of pyridine rings is 1. The van der Waals surface area contributed by atoms with Gasteiger partial charge in [-0.2, -0.15) is 10.2 Å². The quantitative estimate of drug-likeness (QED) is 0.711. The molecule has 0 saturated carbocycles. The molecule has 0 fully saturated rings. The van der Waals surface area contributed by atoms with Crippen molar-refractivity contribution in [1.82, 2.24) is 15.0 Å². The van der Waals surface area contributed by atoms with Crippen molar-refractivity contribution in [2.24, 2.45) is 0 Å². The number of ether oxygens (including phenoxy) is 1. The minimum absolute atomic E-state index is 0.0355. The van der Waals surface area contributed by atoms with E-state index in [0.717, 1.165) is 15.4 Å². The molecular formula is C18H16BrN5O. The average molecular weight is 398 g/mol. The Morgan fingerprint density at radius 3 is 2.76 bits per heavy atom. The minimum atomic E-state index is -0.0355. The van der Waals surface area contributed by atoms with Crippen LogP contribution in [-0.4, -0.2) is 22.1 Å². The third-order valence-corrected chi connectivity index (χ3v) is 4.35. The minimum Gasteiger partial charge on any atom is -0.480 e. The number of aryl methyl sites for hydroxylation is 1. The number of benzene rings is 1. The summed E-state index contributed by atoms with van der Waals surface area (Å²) in [6.07, 6.45) is 0. The first-order chi connectivity index (χ1) is 12.0. The Kier molecular flexibility index (Phi) is 4.81. The molecule has 6 nitrogen and oxygen atoms in total. The molecule has 1 N–H and O–H groups in total. The van der Waals surface area contributed by atoms with E-state index in [4.69, 9.17) is 10.00 Å². The summed E-state index contributed by atoms with van der Waals surface area (Å²) in [7, 11) is 1.57. The lowest BCUT2D eigenvalue weighted by Gasteiger charge is -2.17. The molecule has 0 aliphatic rings. The van der Waals surface area contributed by atoms with Crippen LogP contribution in [0.4, 0.5) is 5.82 Å². The van der Waals surface area contributed by atoms with E-state index < -0.39 is 0 Å². The van der Waals surface area contributed by atoms with E-state index in [1.807, 2.05) is 38.1 Å². The molecule has 0 amide bonds. The molecule has 25 heavy (non-hydrogen) atoms. The predicted octanol–water partition coefficient (Wildman–Crippen LogP) is 4.15. The summed E-state index contributed by atoms with van der Waals surface area (Å²) in [4.78, 5) is 13.3. The second-order valence-corrected chi connectivity index (χ2v) is 6.43. The van der Waals surface area contributed by atoms with Crippen LogP contribution in [0.2, 0.25) is 0 Å². The Labute approximate surface area is 154 Å². The summed E-state index contributed by atoms with van der Waals surface area (Å²) in [6, 6.07) is 11.5. The second-order valence-electron chi connectivity index (χ2n) is 5.57. The molecule has 7 heteroatoms. The number of nitrogens with one attached hydrogen (secondary N) is 1. The van der Waals surface area contributed by atoms with Crippen LogP contribution in [0, 0.1) is 18.3 Å². The monoisotopic (exact) mass is 397 g/mol. The number of anilines is 1. The van der Waals surface area contributed by atoms with Gasteiger partial charge >= 0.3 is 0 Å². The Morgan fingerprint density at radius 1 is 1.24 bits per heavy atom. The lowest BCUT2D eigenvalue weighted by Crippen LogP contribution is -2.10.